The van der Waals surface area contributed by atoms with Crippen LogP contribution in [-0.4, -0.2) is 5.33 Å². The third kappa shape index (κ3) is 1.55. The fourth-order valence-electron chi connectivity index (χ4n) is 1.70. The van der Waals surface area contributed by atoms with Crippen molar-refractivity contribution in [2.24, 2.45) is 5.41 Å². The molecule has 1 aliphatic carbocycles. The molecule has 0 aromatic heterocycles. The zero-order chi connectivity index (χ0) is 7.45. The Labute approximate surface area is 71.5 Å². The molecule has 0 unspecified atom stereocenters. The molecule has 1 heteroatoms. The van der Waals surface area contributed by atoms with Crippen LogP contribution in [0.3, 0.4) is 0 Å². The summed E-state index contributed by atoms with van der Waals surface area (Å²) in [6.45, 7) is 0. The second kappa shape index (κ2) is 3.44. The first-order chi connectivity index (χ1) is 4.83. The van der Waals surface area contributed by atoms with Crippen LogP contribution < -0.4 is 0 Å². The Hall–Kier alpha value is 0.0400. The molecule has 0 amide bonds. The van der Waals surface area contributed by atoms with Gasteiger partial charge in [0.2, 0.25) is 0 Å². The summed E-state index contributed by atoms with van der Waals surface area (Å²) in [6.07, 6.45) is 11.6. The van der Waals surface area contributed by atoms with Gasteiger partial charge < -0.3 is 0 Å². The second-order valence-corrected chi connectivity index (χ2v) is 3.78. The minimum Gasteiger partial charge on any atom is -0.120 e. The van der Waals surface area contributed by atoms with E-state index in [-0.39, 0.29) is 0 Å². The molecular weight excluding hydrogens is 188 g/mol. The average Bonchev–Trinajstić information content (AvgIpc) is 2.39. The molecule has 0 spiro atoms. The minimum absolute atomic E-state index is 0.467. The molecule has 0 bridgehead atoms. The lowest BCUT2D eigenvalue weighted by Gasteiger charge is -2.22. The summed E-state index contributed by atoms with van der Waals surface area (Å²) in [5.74, 6) is 2.77. The average molecular weight is 201 g/mol. The van der Waals surface area contributed by atoms with Crippen molar-refractivity contribution in [1.29, 1.82) is 0 Å². The number of hydrogen-bond donors (Lipinski definition) is 0. The summed E-state index contributed by atoms with van der Waals surface area (Å²) >= 11 is 3.54. The third-order valence-corrected chi connectivity index (χ3v) is 3.61. The lowest BCUT2D eigenvalue weighted by Crippen LogP contribution is -2.16. The van der Waals surface area contributed by atoms with Gasteiger partial charge in [0, 0.05) is 11.8 Å². The molecule has 0 aromatic carbocycles. The van der Waals surface area contributed by atoms with Gasteiger partial charge >= 0.3 is 0 Å². The Kier molecular flexibility index (Phi) is 2.80. The van der Waals surface area contributed by atoms with Gasteiger partial charge in [0.25, 0.3) is 0 Å². The predicted octanol–water partition coefficient (Wildman–Crippen LogP) is 2.97. The fourth-order valence-corrected chi connectivity index (χ4v) is 2.46. The molecule has 1 saturated carbocycles. The van der Waals surface area contributed by atoms with Crippen LogP contribution in [0.2, 0.25) is 0 Å². The number of hydrogen-bond acceptors (Lipinski definition) is 0. The van der Waals surface area contributed by atoms with Crippen LogP contribution in [0.1, 0.15) is 32.1 Å². The van der Waals surface area contributed by atoms with E-state index >= 15 is 0 Å². The highest BCUT2D eigenvalue weighted by Gasteiger charge is 2.31. The maximum absolute atomic E-state index is 5.30. The van der Waals surface area contributed by atoms with Gasteiger partial charge in [-0.1, -0.05) is 28.8 Å². The van der Waals surface area contributed by atoms with Crippen molar-refractivity contribution in [2.45, 2.75) is 32.1 Å². The van der Waals surface area contributed by atoms with Crippen molar-refractivity contribution in [2.75, 3.05) is 5.33 Å². The maximum atomic E-state index is 5.30. The summed E-state index contributed by atoms with van der Waals surface area (Å²) < 4.78 is 0. The Bertz CT molecular complexity index is 137. The van der Waals surface area contributed by atoms with E-state index in [1.165, 1.54) is 25.7 Å². The van der Waals surface area contributed by atoms with Crippen molar-refractivity contribution in [3.05, 3.63) is 0 Å². The van der Waals surface area contributed by atoms with Gasteiger partial charge in [-0.15, -0.1) is 12.3 Å². The van der Waals surface area contributed by atoms with E-state index in [9.17, 15) is 0 Å². The van der Waals surface area contributed by atoms with E-state index in [1.54, 1.807) is 0 Å². The zero-order valence-corrected chi connectivity index (χ0v) is 7.78. The van der Waals surface area contributed by atoms with Crippen LogP contribution in [0.25, 0.3) is 0 Å². The van der Waals surface area contributed by atoms with Crippen molar-refractivity contribution in [3.63, 3.8) is 0 Å². The molecule has 0 N–H and O–H groups in total. The first kappa shape index (κ1) is 8.14. The van der Waals surface area contributed by atoms with Crippen LogP contribution >= 0.6 is 15.9 Å². The van der Waals surface area contributed by atoms with E-state index in [4.69, 9.17) is 6.42 Å². The van der Waals surface area contributed by atoms with Gasteiger partial charge in [-0.05, 0) is 18.3 Å². The lowest BCUT2D eigenvalue weighted by atomic mass is 9.86. The van der Waals surface area contributed by atoms with Crippen molar-refractivity contribution in [1.82, 2.24) is 0 Å². The maximum Gasteiger partial charge on any atom is 0.0151 e. The number of rotatable bonds is 2. The quantitative estimate of drug-likeness (QED) is 0.476. The molecule has 10 heavy (non-hydrogen) atoms. The Morgan fingerprint density at radius 2 is 2.00 bits per heavy atom. The molecule has 0 atom stereocenters. The summed E-state index contributed by atoms with van der Waals surface area (Å²) in [5.41, 5.74) is 0.467. The minimum atomic E-state index is 0.467. The molecule has 0 heterocycles. The highest BCUT2D eigenvalue weighted by Crippen LogP contribution is 2.41. The molecule has 1 rings (SSSR count). The van der Waals surface area contributed by atoms with Crippen LogP contribution in [-0.2, 0) is 0 Å². The van der Waals surface area contributed by atoms with Gasteiger partial charge in [0.05, 0.1) is 0 Å². The molecule has 0 radical (unpaired) electrons. The van der Waals surface area contributed by atoms with Crippen LogP contribution in [0.5, 0.6) is 0 Å². The summed E-state index contributed by atoms with van der Waals surface area (Å²) in [7, 11) is 0. The van der Waals surface area contributed by atoms with Gasteiger partial charge in [-0.2, -0.15) is 0 Å². The van der Waals surface area contributed by atoms with Crippen LogP contribution in [0, 0.1) is 17.8 Å². The Balaban J connectivity index is 2.51. The van der Waals surface area contributed by atoms with Crippen LogP contribution in [0.15, 0.2) is 0 Å². The summed E-state index contributed by atoms with van der Waals surface area (Å²) in [4.78, 5) is 0. The van der Waals surface area contributed by atoms with Crippen molar-refractivity contribution >= 4 is 15.9 Å². The molecule has 0 saturated heterocycles. The van der Waals surface area contributed by atoms with E-state index < -0.39 is 0 Å². The predicted molar refractivity (Wildman–Crippen MR) is 48.1 cm³/mol. The van der Waals surface area contributed by atoms with Gasteiger partial charge in [0.15, 0.2) is 0 Å². The standard InChI is InChI=1S/C9H13Br/c1-2-5-9(8-10)6-3-4-7-9/h1H,3-8H2. The largest absolute Gasteiger partial charge is 0.120 e. The SMILES string of the molecule is C#CCC1(CBr)CCCC1. The molecular formula is C9H13Br. The molecule has 1 aliphatic rings. The number of halogens is 1. The zero-order valence-electron chi connectivity index (χ0n) is 6.20. The van der Waals surface area contributed by atoms with Gasteiger partial charge in [-0.25, -0.2) is 0 Å². The molecule has 0 aliphatic heterocycles. The van der Waals surface area contributed by atoms with Crippen molar-refractivity contribution < 1.29 is 0 Å². The Morgan fingerprint density at radius 3 is 2.40 bits per heavy atom. The van der Waals surface area contributed by atoms with Crippen LogP contribution in [0.4, 0.5) is 0 Å². The molecule has 0 nitrogen and oxygen atoms in total. The van der Waals surface area contributed by atoms with Crippen molar-refractivity contribution in [3.8, 4) is 12.3 Å². The first-order valence-electron chi connectivity index (χ1n) is 3.82. The van der Waals surface area contributed by atoms with Gasteiger partial charge in [-0.3, -0.25) is 0 Å². The highest BCUT2D eigenvalue weighted by atomic mass is 79.9. The topological polar surface area (TPSA) is 0 Å². The van der Waals surface area contributed by atoms with Gasteiger partial charge in [0.1, 0.15) is 0 Å². The van der Waals surface area contributed by atoms with E-state index in [2.05, 4.69) is 21.9 Å². The summed E-state index contributed by atoms with van der Waals surface area (Å²) in [6, 6.07) is 0. The number of alkyl halides is 1. The first-order valence-corrected chi connectivity index (χ1v) is 4.95. The molecule has 0 aromatic rings. The number of terminal acetylenes is 1. The van der Waals surface area contributed by atoms with E-state index in [0.717, 1.165) is 11.8 Å². The smallest absolute Gasteiger partial charge is 0.0151 e. The molecule has 1 fully saturated rings. The monoisotopic (exact) mass is 200 g/mol. The molecule has 56 valence electrons. The summed E-state index contributed by atoms with van der Waals surface area (Å²) in [5, 5.41) is 1.09. The fraction of sp³-hybridized carbons (Fsp3) is 0.778. The van der Waals surface area contributed by atoms with E-state index in [1.807, 2.05) is 0 Å². The lowest BCUT2D eigenvalue weighted by molar-refractivity contribution is 0.360. The third-order valence-electron chi connectivity index (χ3n) is 2.42. The second-order valence-electron chi connectivity index (χ2n) is 3.22. The van der Waals surface area contributed by atoms with E-state index in [0.29, 0.717) is 5.41 Å². The normalized spacial score (nSPS) is 22.4. The highest BCUT2D eigenvalue weighted by molar-refractivity contribution is 9.09. The Morgan fingerprint density at radius 1 is 1.40 bits per heavy atom.